The first-order valence-corrected chi connectivity index (χ1v) is 3.95. The highest BCUT2D eigenvalue weighted by Gasteiger charge is 2.01. The third kappa shape index (κ3) is 0.903. The molecule has 0 saturated heterocycles. The van der Waals surface area contributed by atoms with E-state index in [1.807, 2.05) is 12.1 Å². The molecule has 0 saturated carbocycles. The lowest BCUT2D eigenvalue weighted by atomic mass is 10.2. The zero-order chi connectivity index (χ0) is 7.84. The number of nitrogens with one attached hydrogen (secondary N) is 1. The van der Waals surface area contributed by atoms with Crippen LogP contribution < -0.4 is 5.73 Å². The van der Waals surface area contributed by atoms with Gasteiger partial charge in [-0.2, -0.15) is 5.10 Å². The molecule has 1 aromatic carbocycles. The Labute approximate surface area is 71.7 Å². The minimum Gasteiger partial charge on any atom is -0.396 e. The fourth-order valence-corrected chi connectivity index (χ4v) is 1.34. The number of nitrogens with two attached hydrogens (primary N) is 1. The van der Waals surface area contributed by atoms with E-state index in [0.29, 0.717) is 5.69 Å². The number of anilines is 1. The van der Waals surface area contributed by atoms with Crippen molar-refractivity contribution in [3.8, 4) is 0 Å². The van der Waals surface area contributed by atoms with Gasteiger partial charge in [-0.05, 0) is 28.1 Å². The molecule has 0 atom stereocenters. The molecular formula is C7H6BrN3. The maximum atomic E-state index is 5.74. The quantitative estimate of drug-likeness (QED) is 0.655. The topological polar surface area (TPSA) is 54.7 Å². The molecule has 56 valence electrons. The highest BCUT2D eigenvalue weighted by atomic mass is 79.9. The Bertz CT molecular complexity index is 393. The molecule has 4 heteroatoms. The van der Waals surface area contributed by atoms with Gasteiger partial charge >= 0.3 is 0 Å². The van der Waals surface area contributed by atoms with E-state index in [1.54, 1.807) is 6.20 Å². The van der Waals surface area contributed by atoms with E-state index in [2.05, 4.69) is 26.1 Å². The monoisotopic (exact) mass is 211 g/mol. The van der Waals surface area contributed by atoms with Crippen LogP contribution in [0.15, 0.2) is 22.8 Å². The molecule has 3 nitrogen and oxygen atoms in total. The van der Waals surface area contributed by atoms with E-state index in [4.69, 9.17) is 5.73 Å². The van der Waals surface area contributed by atoms with E-state index in [-0.39, 0.29) is 0 Å². The zero-order valence-electron chi connectivity index (χ0n) is 5.63. The van der Waals surface area contributed by atoms with Crippen molar-refractivity contribution in [1.29, 1.82) is 0 Å². The van der Waals surface area contributed by atoms with Crippen LogP contribution in [0.3, 0.4) is 0 Å². The summed E-state index contributed by atoms with van der Waals surface area (Å²) >= 11 is 3.33. The van der Waals surface area contributed by atoms with E-state index >= 15 is 0 Å². The van der Waals surface area contributed by atoms with Gasteiger partial charge in [-0.3, -0.25) is 5.10 Å². The van der Waals surface area contributed by atoms with Crippen molar-refractivity contribution in [3.63, 3.8) is 0 Å². The lowest BCUT2D eigenvalue weighted by molar-refractivity contribution is 1.12. The third-order valence-corrected chi connectivity index (χ3v) is 2.30. The molecule has 1 heterocycles. The van der Waals surface area contributed by atoms with Gasteiger partial charge < -0.3 is 5.73 Å². The summed E-state index contributed by atoms with van der Waals surface area (Å²) in [6, 6.07) is 3.87. The van der Waals surface area contributed by atoms with Gasteiger partial charge in [0, 0.05) is 9.86 Å². The van der Waals surface area contributed by atoms with E-state index in [1.165, 1.54) is 0 Å². The number of nitrogen functional groups attached to an aromatic ring is 1. The van der Waals surface area contributed by atoms with Gasteiger partial charge in [-0.25, -0.2) is 0 Å². The molecule has 0 fully saturated rings. The summed E-state index contributed by atoms with van der Waals surface area (Å²) < 4.78 is 0.897. The fraction of sp³-hybridized carbons (Fsp3) is 0. The first kappa shape index (κ1) is 6.67. The summed E-state index contributed by atoms with van der Waals surface area (Å²) in [5.74, 6) is 0. The van der Waals surface area contributed by atoms with Crippen molar-refractivity contribution in [2.45, 2.75) is 0 Å². The fourth-order valence-electron chi connectivity index (χ4n) is 1.01. The molecule has 0 spiro atoms. The first-order valence-electron chi connectivity index (χ1n) is 3.16. The van der Waals surface area contributed by atoms with Gasteiger partial charge in [-0.1, -0.05) is 0 Å². The molecule has 2 aromatic rings. The summed E-state index contributed by atoms with van der Waals surface area (Å²) in [6.07, 6.45) is 1.75. The Hall–Kier alpha value is -1.03. The van der Waals surface area contributed by atoms with Gasteiger partial charge in [-0.15, -0.1) is 0 Å². The molecule has 0 amide bonds. The Balaban J connectivity index is 2.93. The largest absolute Gasteiger partial charge is 0.396 e. The molecular weight excluding hydrogens is 206 g/mol. The van der Waals surface area contributed by atoms with Crippen LogP contribution >= 0.6 is 15.9 Å². The Morgan fingerprint density at radius 3 is 3.09 bits per heavy atom. The number of hydrogen-bond donors (Lipinski definition) is 2. The number of fused-ring (bicyclic) bond motifs is 1. The van der Waals surface area contributed by atoms with E-state index in [0.717, 1.165) is 15.4 Å². The SMILES string of the molecule is Nc1c(Br)ccc2cn[nH]c12. The number of H-pyrrole nitrogens is 1. The molecule has 1 aromatic heterocycles. The highest BCUT2D eigenvalue weighted by Crippen LogP contribution is 2.26. The first-order chi connectivity index (χ1) is 5.29. The Morgan fingerprint density at radius 2 is 2.27 bits per heavy atom. The van der Waals surface area contributed by atoms with Crippen LogP contribution in [0.2, 0.25) is 0 Å². The van der Waals surface area contributed by atoms with Crippen LogP contribution in [0.5, 0.6) is 0 Å². The molecule has 0 aliphatic rings. The van der Waals surface area contributed by atoms with Crippen LogP contribution in [-0.4, -0.2) is 10.2 Å². The van der Waals surface area contributed by atoms with Crippen LogP contribution in [-0.2, 0) is 0 Å². The van der Waals surface area contributed by atoms with Gasteiger partial charge in [0.15, 0.2) is 0 Å². The number of rotatable bonds is 0. The summed E-state index contributed by atoms with van der Waals surface area (Å²) in [5.41, 5.74) is 7.34. The molecule has 0 aliphatic heterocycles. The van der Waals surface area contributed by atoms with Crippen molar-refractivity contribution in [3.05, 3.63) is 22.8 Å². The average Bonchev–Trinajstić information content (AvgIpc) is 2.45. The summed E-state index contributed by atoms with van der Waals surface area (Å²) in [6.45, 7) is 0. The van der Waals surface area contributed by atoms with Crippen molar-refractivity contribution >= 4 is 32.5 Å². The van der Waals surface area contributed by atoms with Gasteiger partial charge in [0.05, 0.1) is 17.4 Å². The maximum Gasteiger partial charge on any atom is 0.0891 e. The van der Waals surface area contributed by atoms with Crippen LogP contribution in [0.25, 0.3) is 10.9 Å². The van der Waals surface area contributed by atoms with Gasteiger partial charge in [0.25, 0.3) is 0 Å². The Morgan fingerprint density at radius 1 is 1.45 bits per heavy atom. The number of aromatic amines is 1. The molecule has 11 heavy (non-hydrogen) atoms. The molecule has 0 radical (unpaired) electrons. The standard InChI is InChI=1S/C7H6BrN3/c8-5-2-1-4-3-10-11-7(4)6(5)9/h1-3H,9H2,(H,10,11). The number of halogens is 1. The molecule has 0 unspecified atom stereocenters. The van der Waals surface area contributed by atoms with E-state index in [9.17, 15) is 0 Å². The average molecular weight is 212 g/mol. The van der Waals surface area contributed by atoms with Crippen molar-refractivity contribution in [1.82, 2.24) is 10.2 Å². The lowest BCUT2D eigenvalue weighted by Gasteiger charge is -1.97. The third-order valence-electron chi connectivity index (χ3n) is 1.60. The van der Waals surface area contributed by atoms with Gasteiger partial charge in [0.2, 0.25) is 0 Å². The normalized spacial score (nSPS) is 10.6. The van der Waals surface area contributed by atoms with Crippen molar-refractivity contribution < 1.29 is 0 Å². The van der Waals surface area contributed by atoms with E-state index < -0.39 is 0 Å². The predicted octanol–water partition coefficient (Wildman–Crippen LogP) is 1.91. The minimum atomic E-state index is 0.708. The smallest absolute Gasteiger partial charge is 0.0891 e. The molecule has 2 rings (SSSR count). The summed E-state index contributed by atoms with van der Waals surface area (Å²) in [5, 5.41) is 7.73. The number of aromatic nitrogens is 2. The Kier molecular flexibility index (Phi) is 1.35. The van der Waals surface area contributed by atoms with Crippen LogP contribution in [0.4, 0.5) is 5.69 Å². The van der Waals surface area contributed by atoms with Crippen molar-refractivity contribution in [2.24, 2.45) is 0 Å². The van der Waals surface area contributed by atoms with Crippen molar-refractivity contribution in [2.75, 3.05) is 5.73 Å². The number of nitrogens with zero attached hydrogens (tertiary/aromatic N) is 1. The highest BCUT2D eigenvalue weighted by molar-refractivity contribution is 9.10. The lowest BCUT2D eigenvalue weighted by Crippen LogP contribution is -1.87. The maximum absolute atomic E-state index is 5.74. The summed E-state index contributed by atoms with van der Waals surface area (Å²) in [4.78, 5) is 0. The predicted molar refractivity (Wildman–Crippen MR) is 48.2 cm³/mol. The number of benzene rings is 1. The number of hydrogen-bond acceptors (Lipinski definition) is 2. The van der Waals surface area contributed by atoms with Crippen LogP contribution in [0.1, 0.15) is 0 Å². The molecule has 3 N–H and O–H groups in total. The second-order valence-corrected chi connectivity index (χ2v) is 3.15. The van der Waals surface area contributed by atoms with Gasteiger partial charge in [0.1, 0.15) is 0 Å². The molecule has 0 aliphatic carbocycles. The second kappa shape index (κ2) is 2.23. The molecule has 0 bridgehead atoms. The summed E-state index contributed by atoms with van der Waals surface area (Å²) in [7, 11) is 0. The van der Waals surface area contributed by atoms with Crippen LogP contribution in [0, 0.1) is 0 Å². The minimum absolute atomic E-state index is 0.708. The zero-order valence-corrected chi connectivity index (χ0v) is 7.22. The second-order valence-electron chi connectivity index (χ2n) is 2.30.